The molecule has 0 heterocycles. The first-order chi connectivity index (χ1) is 7.80. The minimum atomic E-state index is -4.56. The molecule has 0 saturated heterocycles. The molecule has 94 valence electrons. The number of anilines is 1. The zero-order valence-corrected chi connectivity index (χ0v) is 8.75. The Kier molecular flexibility index (Phi) is 3.82. The molecule has 1 aromatic rings. The lowest BCUT2D eigenvalue weighted by atomic mass is 10.1. The smallest absolute Gasteiger partial charge is 0.420 e. The van der Waals surface area contributed by atoms with Gasteiger partial charge in [0.1, 0.15) is 5.75 Å². The van der Waals surface area contributed by atoms with E-state index in [4.69, 9.17) is 16.2 Å². The first kappa shape index (κ1) is 13.1. The Labute approximate surface area is 95.3 Å². The number of nitrogen functional groups attached to an aromatic ring is 1. The minimum absolute atomic E-state index is 0.0143. The second kappa shape index (κ2) is 4.94. The predicted molar refractivity (Wildman–Crippen MR) is 55.2 cm³/mol. The average Bonchev–Trinajstić information content (AvgIpc) is 2.18. The fourth-order valence-electron chi connectivity index (χ4n) is 1.16. The number of carbonyl (C=O) groups is 1. The summed E-state index contributed by atoms with van der Waals surface area (Å²) in [6, 6.07) is 3.17. The van der Waals surface area contributed by atoms with Crippen LogP contribution < -0.4 is 16.2 Å². The Morgan fingerprint density at radius 3 is 2.53 bits per heavy atom. The summed E-state index contributed by atoms with van der Waals surface area (Å²) in [5.41, 5.74) is 9.13. The number of alkyl halides is 3. The summed E-state index contributed by atoms with van der Waals surface area (Å²) < 4.78 is 42.6. The summed E-state index contributed by atoms with van der Waals surface area (Å²) in [7, 11) is 0. The summed E-state index contributed by atoms with van der Waals surface area (Å²) in [5, 5.41) is 0. The fraction of sp³-hybridized carbons (Fsp3) is 0.300. The van der Waals surface area contributed by atoms with Crippen molar-refractivity contribution in [3.63, 3.8) is 0 Å². The maximum absolute atomic E-state index is 12.6. The number of nitrogens with two attached hydrogens (primary N) is 2. The molecule has 4 N–H and O–H groups in total. The van der Waals surface area contributed by atoms with Crippen LogP contribution in [0.2, 0.25) is 0 Å². The monoisotopic (exact) mass is 248 g/mol. The normalized spacial score (nSPS) is 11.2. The molecule has 0 spiro atoms. The maximum atomic E-state index is 12.6. The predicted octanol–water partition coefficient (Wildman–Crippen LogP) is 1.54. The molecule has 0 saturated carbocycles. The molecule has 7 heteroatoms. The van der Waals surface area contributed by atoms with Crippen LogP contribution in [0.3, 0.4) is 0 Å². The van der Waals surface area contributed by atoms with E-state index in [9.17, 15) is 18.0 Å². The van der Waals surface area contributed by atoms with Crippen molar-refractivity contribution < 1.29 is 22.7 Å². The zero-order chi connectivity index (χ0) is 13.1. The number of hydrogen-bond acceptors (Lipinski definition) is 3. The molecule has 1 rings (SSSR count). The van der Waals surface area contributed by atoms with Crippen molar-refractivity contribution in [2.24, 2.45) is 5.73 Å². The lowest BCUT2D eigenvalue weighted by molar-refractivity contribution is -0.138. The number of ether oxygens (including phenoxy) is 1. The Balaban J connectivity index is 2.87. The molecule has 1 aromatic carbocycles. The van der Waals surface area contributed by atoms with Gasteiger partial charge in [-0.15, -0.1) is 0 Å². The van der Waals surface area contributed by atoms with E-state index in [-0.39, 0.29) is 24.5 Å². The number of benzene rings is 1. The number of hydrogen-bond donors (Lipinski definition) is 2. The topological polar surface area (TPSA) is 78.3 Å². The zero-order valence-electron chi connectivity index (χ0n) is 8.75. The SMILES string of the molecule is NC(=O)CCOc1ccc(N)cc1C(F)(F)F. The van der Waals surface area contributed by atoms with E-state index in [0.717, 1.165) is 12.1 Å². The van der Waals surface area contributed by atoms with Gasteiger partial charge in [-0.25, -0.2) is 0 Å². The molecule has 0 aliphatic heterocycles. The second-order valence-corrected chi connectivity index (χ2v) is 3.32. The van der Waals surface area contributed by atoms with Gasteiger partial charge in [-0.05, 0) is 18.2 Å². The van der Waals surface area contributed by atoms with E-state index in [1.165, 1.54) is 6.07 Å². The van der Waals surface area contributed by atoms with E-state index in [2.05, 4.69) is 0 Å². The van der Waals surface area contributed by atoms with Crippen LogP contribution in [-0.4, -0.2) is 12.5 Å². The van der Waals surface area contributed by atoms with Crippen molar-refractivity contribution in [3.05, 3.63) is 23.8 Å². The van der Waals surface area contributed by atoms with Crippen LogP contribution in [0.1, 0.15) is 12.0 Å². The molecule has 1 amide bonds. The summed E-state index contributed by atoms with van der Waals surface area (Å²) in [6.45, 7) is -0.206. The molecule has 4 nitrogen and oxygen atoms in total. The van der Waals surface area contributed by atoms with Crippen LogP contribution in [0.25, 0.3) is 0 Å². The van der Waals surface area contributed by atoms with Crippen LogP contribution in [0, 0.1) is 0 Å². The third-order valence-corrected chi connectivity index (χ3v) is 1.92. The fourth-order valence-corrected chi connectivity index (χ4v) is 1.16. The van der Waals surface area contributed by atoms with Crippen LogP contribution >= 0.6 is 0 Å². The van der Waals surface area contributed by atoms with Gasteiger partial charge < -0.3 is 16.2 Å². The van der Waals surface area contributed by atoms with Crippen molar-refractivity contribution in [3.8, 4) is 5.75 Å². The highest BCUT2D eigenvalue weighted by atomic mass is 19.4. The van der Waals surface area contributed by atoms with Gasteiger partial charge in [0, 0.05) is 5.69 Å². The van der Waals surface area contributed by atoms with E-state index >= 15 is 0 Å². The Hall–Kier alpha value is -1.92. The van der Waals surface area contributed by atoms with Crippen LogP contribution in [0.15, 0.2) is 18.2 Å². The number of carbonyl (C=O) groups excluding carboxylic acids is 1. The number of rotatable bonds is 4. The lowest BCUT2D eigenvalue weighted by Gasteiger charge is -2.14. The average molecular weight is 248 g/mol. The van der Waals surface area contributed by atoms with E-state index < -0.39 is 17.6 Å². The molecular weight excluding hydrogens is 237 g/mol. The van der Waals surface area contributed by atoms with Gasteiger partial charge in [0.15, 0.2) is 0 Å². The molecule has 0 aromatic heterocycles. The van der Waals surface area contributed by atoms with Gasteiger partial charge in [-0.3, -0.25) is 4.79 Å². The van der Waals surface area contributed by atoms with Gasteiger partial charge in [-0.1, -0.05) is 0 Å². The molecule has 0 fully saturated rings. The van der Waals surface area contributed by atoms with E-state index in [1.54, 1.807) is 0 Å². The summed E-state index contributed by atoms with van der Waals surface area (Å²) in [5.74, 6) is -1.01. The largest absolute Gasteiger partial charge is 0.492 e. The molecular formula is C10H11F3N2O2. The van der Waals surface area contributed by atoms with Gasteiger partial charge in [0.05, 0.1) is 18.6 Å². The van der Waals surface area contributed by atoms with Crippen LogP contribution in [0.5, 0.6) is 5.75 Å². The highest BCUT2D eigenvalue weighted by molar-refractivity contribution is 5.73. The lowest BCUT2D eigenvalue weighted by Crippen LogP contribution is -2.16. The Morgan fingerprint density at radius 1 is 1.35 bits per heavy atom. The van der Waals surface area contributed by atoms with Gasteiger partial charge in [0.2, 0.25) is 5.91 Å². The number of amides is 1. The quantitative estimate of drug-likeness (QED) is 0.793. The molecule has 0 atom stereocenters. The van der Waals surface area contributed by atoms with Gasteiger partial charge in [-0.2, -0.15) is 13.2 Å². The number of halogens is 3. The number of primary amides is 1. The maximum Gasteiger partial charge on any atom is 0.420 e. The Bertz CT molecular complexity index is 419. The summed E-state index contributed by atoms with van der Waals surface area (Å²) >= 11 is 0. The van der Waals surface area contributed by atoms with Crippen molar-refractivity contribution in [1.29, 1.82) is 0 Å². The Morgan fingerprint density at radius 2 is 2.00 bits per heavy atom. The highest BCUT2D eigenvalue weighted by Crippen LogP contribution is 2.37. The van der Waals surface area contributed by atoms with Crippen molar-refractivity contribution in [1.82, 2.24) is 0 Å². The molecule has 0 bridgehead atoms. The van der Waals surface area contributed by atoms with E-state index in [1.807, 2.05) is 0 Å². The van der Waals surface area contributed by atoms with Crippen molar-refractivity contribution in [2.75, 3.05) is 12.3 Å². The molecule has 17 heavy (non-hydrogen) atoms. The van der Waals surface area contributed by atoms with Gasteiger partial charge >= 0.3 is 6.18 Å². The third-order valence-electron chi connectivity index (χ3n) is 1.92. The van der Waals surface area contributed by atoms with Crippen molar-refractivity contribution in [2.45, 2.75) is 12.6 Å². The molecule has 0 aliphatic carbocycles. The first-order valence-corrected chi connectivity index (χ1v) is 4.68. The van der Waals surface area contributed by atoms with E-state index in [0.29, 0.717) is 0 Å². The first-order valence-electron chi connectivity index (χ1n) is 4.68. The minimum Gasteiger partial charge on any atom is -0.492 e. The molecule has 0 unspecified atom stereocenters. The molecule has 0 aliphatic rings. The van der Waals surface area contributed by atoms with Crippen LogP contribution in [-0.2, 0) is 11.0 Å². The third kappa shape index (κ3) is 3.86. The van der Waals surface area contributed by atoms with Crippen molar-refractivity contribution >= 4 is 11.6 Å². The second-order valence-electron chi connectivity index (χ2n) is 3.32. The van der Waals surface area contributed by atoms with Gasteiger partial charge in [0.25, 0.3) is 0 Å². The van der Waals surface area contributed by atoms with Crippen LogP contribution in [0.4, 0.5) is 18.9 Å². The summed E-state index contributed by atoms with van der Waals surface area (Å²) in [6.07, 6.45) is -4.71. The standard InChI is InChI=1S/C10H11F3N2O2/c11-10(12,13)7-5-6(14)1-2-8(7)17-4-3-9(15)16/h1-2,5H,3-4,14H2,(H2,15,16). The highest BCUT2D eigenvalue weighted by Gasteiger charge is 2.34. The summed E-state index contributed by atoms with van der Waals surface area (Å²) in [4.78, 5) is 10.4. The molecule has 0 radical (unpaired) electrons.